The molecule has 0 bridgehead atoms. The number of aryl methyl sites for hydroxylation is 1. The number of alkyl halides is 3. The Morgan fingerprint density at radius 1 is 0.857 bits per heavy atom. The zero-order valence-corrected chi connectivity index (χ0v) is 19.0. The Morgan fingerprint density at radius 3 is 2.20 bits per heavy atom. The Labute approximate surface area is 200 Å². The van der Waals surface area contributed by atoms with E-state index in [-0.39, 0.29) is 11.5 Å². The molecule has 0 aliphatic carbocycles. The fourth-order valence-electron chi connectivity index (χ4n) is 4.17. The highest BCUT2D eigenvalue weighted by molar-refractivity contribution is 6.06. The third-order valence-corrected chi connectivity index (χ3v) is 6.03. The van der Waals surface area contributed by atoms with Gasteiger partial charge in [0.2, 0.25) is 0 Å². The lowest BCUT2D eigenvalue weighted by Crippen LogP contribution is -2.47. The third kappa shape index (κ3) is 5.40. The zero-order chi connectivity index (χ0) is 25.2. The number of carbonyl (C=O) groups is 2. The quantitative estimate of drug-likeness (QED) is 0.516. The zero-order valence-electron chi connectivity index (χ0n) is 19.0. The summed E-state index contributed by atoms with van der Waals surface area (Å²) in [4.78, 5) is 28.3. The SMILES string of the molecule is Cc1ccccc1C(=O)Nc1ccc(N2CCN(c3cccc(C(F)(F)F)c3)CC2)c(C(=O)O)c1. The van der Waals surface area contributed by atoms with Crippen molar-refractivity contribution in [1.29, 1.82) is 0 Å². The molecule has 0 atom stereocenters. The van der Waals surface area contributed by atoms with Gasteiger partial charge in [-0.2, -0.15) is 13.2 Å². The van der Waals surface area contributed by atoms with Gasteiger partial charge in [-0.05, 0) is 55.0 Å². The van der Waals surface area contributed by atoms with E-state index >= 15 is 0 Å². The van der Waals surface area contributed by atoms with Crippen LogP contribution in [0.5, 0.6) is 0 Å². The minimum atomic E-state index is -4.41. The molecule has 1 fully saturated rings. The van der Waals surface area contributed by atoms with E-state index in [4.69, 9.17) is 0 Å². The molecule has 6 nitrogen and oxygen atoms in total. The van der Waals surface area contributed by atoms with Crippen LogP contribution in [0.1, 0.15) is 31.8 Å². The van der Waals surface area contributed by atoms with Crippen LogP contribution in [0.2, 0.25) is 0 Å². The number of benzene rings is 3. The van der Waals surface area contributed by atoms with Gasteiger partial charge >= 0.3 is 12.1 Å². The summed E-state index contributed by atoms with van der Waals surface area (Å²) >= 11 is 0. The molecule has 0 saturated carbocycles. The van der Waals surface area contributed by atoms with E-state index in [9.17, 15) is 27.9 Å². The Bertz CT molecular complexity index is 1250. The monoisotopic (exact) mass is 483 g/mol. The molecule has 1 saturated heterocycles. The van der Waals surface area contributed by atoms with Gasteiger partial charge in [0.05, 0.1) is 16.8 Å². The second-order valence-electron chi connectivity index (χ2n) is 8.33. The van der Waals surface area contributed by atoms with Crippen molar-refractivity contribution in [2.24, 2.45) is 0 Å². The van der Waals surface area contributed by atoms with Crippen molar-refractivity contribution in [3.63, 3.8) is 0 Å². The summed E-state index contributed by atoms with van der Waals surface area (Å²) in [5, 5.41) is 12.5. The highest BCUT2D eigenvalue weighted by Gasteiger charge is 2.31. The Morgan fingerprint density at radius 2 is 1.54 bits per heavy atom. The standard InChI is InChI=1S/C26H24F3N3O3/c1-17-5-2-3-8-21(17)24(33)30-19-9-10-23(22(16-19)25(34)35)32-13-11-31(12-14-32)20-7-4-6-18(15-20)26(27,28)29/h2-10,15-16H,11-14H2,1H3,(H,30,33)(H,34,35). The van der Waals surface area contributed by atoms with E-state index in [2.05, 4.69) is 5.32 Å². The number of anilines is 3. The number of halogens is 3. The lowest BCUT2D eigenvalue weighted by atomic mass is 10.1. The van der Waals surface area contributed by atoms with Gasteiger partial charge in [0.25, 0.3) is 5.91 Å². The molecule has 1 aliphatic heterocycles. The topological polar surface area (TPSA) is 72.9 Å². The minimum Gasteiger partial charge on any atom is -0.478 e. The predicted octanol–water partition coefficient (Wildman–Crippen LogP) is 5.29. The summed E-state index contributed by atoms with van der Waals surface area (Å²) in [7, 11) is 0. The lowest BCUT2D eigenvalue weighted by Gasteiger charge is -2.38. The molecule has 3 aromatic rings. The van der Waals surface area contributed by atoms with Crippen molar-refractivity contribution in [3.05, 3.63) is 89.0 Å². The first-order valence-electron chi connectivity index (χ1n) is 11.0. The van der Waals surface area contributed by atoms with E-state index in [0.29, 0.717) is 48.8 Å². The number of nitrogens with one attached hydrogen (secondary N) is 1. The van der Waals surface area contributed by atoms with Gasteiger partial charge in [-0.25, -0.2) is 4.79 Å². The van der Waals surface area contributed by atoms with E-state index in [1.54, 1.807) is 30.3 Å². The van der Waals surface area contributed by atoms with Crippen LogP contribution in [0, 0.1) is 6.92 Å². The van der Waals surface area contributed by atoms with Gasteiger partial charge in [-0.15, -0.1) is 0 Å². The average molecular weight is 483 g/mol. The summed E-state index contributed by atoms with van der Waals surface area (Å²) in [5.74, 6) is -1.46. The summed E-state index contributed by atoms with van der Waals surface area (Å²) in [6.45, 7) is 3.56. The number of hydrogen-bond acceptors (Lipinski definition) is 4. The van der Waals surface area contributed by atoms with Crippen LogP contribution in [0.15, 0.2) is 66.7 Å². The number of carbonyl (C=O) groups excluding carboxylic acids is 1. The Kier molecular flexibility index (Phi) is 6.68. The molecule has 0 unspecified atom stereocenters. The van der Waals surface area contributed by atoms with E-state index < -0.39 is 17.7 Å². The smallest absolute Gasteiger partial charge is 0.416 e. The summed E-state index contributed by atoms with van der Waals surface area (Å²) in [5.41, 5.74) is 1.98. The Hall–Kier alpha value is -4.01. The van der Waals surface area contributed by atoms with Crippen molar-refractivity contribution < 1.29 is 27.9 Å². The van der Waals surface area contributed by atoms with Gasteiger partial charge in [0.1, 0.15) is 0 Å². The average Bonchev–Trinajstić information content (AvgIpc) is 2.84. The first kappa shape index (κ1) is 24.1. The molecule has 182 valence electrons. The third-order valence-electron chi connectivity index (χ3n) is 6.03. The second kappa shape index (κ2) is 9.69. The van der Waals surface area contributed by atoms with Crippen LogP contribution >= 0.6 is 0 Å². The van der Waals surface area contributed by atoms with Gasteiger partial charge in [0, 0.05) is 43.1 Å². The normalized spacial score (nSPS) is 14.1. The number of aromatic carboxylic acids is 1. The molecule has 3 aromatic carbocycles. The number of nitrogens with zero attached hydrogens (tertiary/aromatic N) is 2. The number of carboxylic acid groups (broad SMARTS) is 1. The number of piperazine rings is 1. The van der Waals surface area contributed by atoms with Crippen LogP contribution < -0.4 is 15.1 Å². The van der Waals surface area contributed by atoms with Gasteiger partial charge in [-0.3, -0.25) is 4.79 Å². The first-order valence-corrected chi connectivity index (χ1v) is 11.0. The number of hydrogen-bond donors (Lipinski definition) is 2. The van der Waals surface area contributed by atoms with Crippen molar-refractivity contribution in [2.45, 2.75) is 13.1 Å². The van der Waals surface area contributed by atoms with E-state index in [0.717, 1.165) is 17.7 Å². The molecule has 2 N–H and O–H groups in total. The van der Waals surface area contributed by atoms with E-state index in [1.165, 1.54) is 12.1 Å². The van der Waals surface area contributed by atoms with Crippen LogP contribution in [0.25, 0.3) is 0 Å². The molecule has 9 heteroatoms. The maximum absolute atomic E-state index is 13.1. The molecular weight excluding hydrogens is 459 g/mol. The molecule has 0 spiro atoms. The molecule has 35 heavy (non-hydrogen) atoms. The Balaban J connectivity index is 1.48. The maximum atomic E-state index is 13.1. The lowest BCUT2D eigenvalue weighted by molar-refractivity contribution is -0.137. The minimum absolute atomic E-state index is 0.0418. The first-order chi connectivity index (χ1) is 16.6. The molecular formula is C26H24F3N3O3. The molecule has 0 radical (unpaired) electrons. The summed E-state index contributed by atoms with van der Waals surface area (Å²) in [6.07, 6.45) is -4.41. The molecule has 1 aliphatic rings. The molecule has 0 aromatic heterocycles. The van der Waals surface area contributed by atoms with Crippen LogP contribution in [-0.2, 0) is 6.18 Å². The second-order valence-corrected chi connectivity index (χ2v) is 8.33. The number of amides is 1. The van der Waals surface area contributed by atoms with Gasteiger partial charge < -0.3 is 20.2 Å². The van der Waals surface area contributed by atoms with Crippen molar-refractivity contribution in [1.82, 2.24) is 0 Å². The van der Waals surface area contributed by atoms with Gasteiger partial charge in [-0.1, -0.05) is 24.3 Å². The van der Waals surface area contributed by atoms with Crippen molar-refractivity contribution >= 4 is 28.9 Å². The molecule has 4 rings (SSSR count). The van der Waals surface area contributed by atoms with Crippen LogP contribution in [0.4, 0.5) is 30.2 Å². The highest BCUT2D eigenvalue weighted by atomic mass is 19.4. The largest absolute Gasteiger partial charge is 0.478 e. The number of carboxylic acids is 1. The number of rotatable bonds is 5. The fourth-order valence-corrected chi connectivity index (χ4v) is 4.17. The predicted molar refractivity (Wildman–Crippen MR) is 128 cm³/mol. The maximum Gasteiger partial charge on any atom is 0.416 e. The summed E-state index contributed by atoms with van der Waals surface area (Å²) < 4.78 is 39.2. The molecule has 1 heterocycles. The van der Waals surface area contributed by atoms with Crippen molar-refractivity contribution in [3.8, 4) is 0 Å². The van der Waals surface area contributed by atoms with E-state index in [1.807, 2.05) is 28.9 Å². The van der Waals surface area contributed by atoms with Gasteiger partial charge in [0.15, 0.2) is 0 Å². The summed E-state index contributed by atoms with van der Waals surface area (Å²) in [6, 6.07) is 17.0. The highest BCUT2D eigenvalue weighted by Crippen LogP contribution is 2.32. The fraction of sp³-hybridized carbons (Fsp3) is 0.231. The molecule has 1 amide bonds. The van der Waals surface area contributed by atoms with Crippen LogP contribution in [0.3, 0.4) is 0 Å². The van der Waals surface area contributed by atoms with Crippen LogP contribution in [-0.4, -0.2) is 43.2 Å². The van der Waals surface area contributed by atoms with Crippen molar-refractivity contribution in [2.75, 3.05) is 41.3 Å².